The van der Waals surface area contributed by atoms with Crippen LogP contribution in [0.2, 0.25) is 0 Å². The highest BCUT2D eigenvalue weighted by Crippen LogP contribution is 2.21. The van der Waals surface area contributed by atoms with E-state index in [9.17, 15) is 10.1 Å². The van der Waals surface area contributed by atoms with Gasteiger partial charge in [0.05, 0.1) is 18.1 Å². The predicted molar refractivity (Wildman–Crippen MR) is 81.4 cm³/mol. The van der Waals surface area contributed by atoms with Crippen molar-refractivity contribution in [1.29, 1.82) is 0 Å². The van der Waals surface area contributed by atoms with E-state index in [2.05, 4.69) is 17.6 Å². The van der Waals surface area contributed by atoms with Crippen LogP contribution in [0.15, 0.2) is 18.2 Å². The number of hydrogen-bond donors (Lipinski definition) is 2. The Balaban J connectivity index is 1.87. The first-order chi connectivity index (χ1) is 10.1. The van der Waals surface area contributed by atoms with Crippen LogP contribution in [0, 0.1) is 17.0 Å². The highest BCUT2D eigenvalue weighted by Gasteiger charge is 2.17. The summed E-state index contributed by atoms with van der Waals surface area (Å²) < 4.78 is 5.44. The largest absolute Gasteiger partial charge is 0.379 e. The molecule has 0 amide bonds. The van der Waals surface area contributed by atoms with Crippen molar-refractivity contribution >= 4 is 5.69 Å². The molecular formula is C15H23N3O3. The summed E-state index contributed by atoms with van der Waals surface area (Å²) in [4.78, 5) is 10.6. The van der Waals surface area contributed by atoms with E-state index in [4.69, 9.17) is 4.74 Å². The number of nitro groups is 1. The minimum absolute atomic E-state index is 0.185. The van der Waals surface area contributed by atoms with E-state index in [1.54, 1.807) is 19.1 Å². The van der Waals surface area contributed by atoms with Gasteiger partial charge in [0.25, 0.3) is 5.69 Å². The van der Waals surface area contributed by atoms with Crippen LogP contribution >= 0.6 is 0 Å². The summed E-state index contributed by atoms with van der Waals surface area (Å²) in [5.41, 5.74) is 1.90. The van der Waals surface area contributed by atoms with Crippen LogP contribution in [-0.2, 0) is 11.3 Å². The summed E-state index contributed by atoms with van der Waals surface area (Å²) >= 11 is 0. The number of morpholine rings is 1. The number of nitro benzene ring substituents is 1. The molecule has 116 valence electrons. The number of nitrogens with zero attached hydrogens (tertiary/aromatic N) is 1. The number of ether oxygens (including phenoxy) is 1. The number of rotatable bonds is 6. The Kier molecular flexibility index (Phi) is 5.67. The molecule has 1 aliphatic heterocycles. The van der Waals surface area contributed by atoms with E-state index < -0.39 is 0 Å². The Hall–Kier alpha value is -1.50. The number of nitrogens with one attached hydrogen (secondary N) is 2. The van der Waals surface area contributed by atoms with Gasteiger partial charge in [-0.3, -0.25) is 10.1 Å². The van der Waals surface area contributed by atoms with Gasteiger partial charge < -0.3 is 15.4 Å². The zero-order valence-electron chi connectivity index (χ0n) is 12.6. The molecule has 2 atom stereocenters. The maximum atomic E-state index is 10.9. The zero-order valence-corrected chi connectivity index (χ0v) is 12.6. The molecule has 2 N–H and O–H groups in total. The fourth-order valence-electron chi connectivity index (χ4n) is 2.62. The van der Waals surface area contributed by atoms with Crippen molar-refractivity contribution < 1.29 is 9.66 Å². The molecule has 0 spiro atoms. The third-order valence-corrected chi connectivity index (χ3v) is 3.89. The molecule has 1 fully saturated rings. The maximum absolute atomic E-state index is 10.9. The van der Waals surface area contributed by atoms with E-state index in [1.807, 2.05) is 6.07 Å². The monoisotopic (exact) mass is 293 g/mol. The first-order valence-electron chi connectivity index (χ1n) is 7.35. The third-order valence-electron chi connectivity index (χ3n) is 3.89. The van der Waals surface area contributed by atoms with Crippen molar-refractivity contribution in [3.63, 3.8) is 0 Å². The van der Waals surface area contributed by atoms with Crippen LogP contribution < -0.4 is 10.6 Å². The lowest BCUT2D eigenvalue weighted by Crippen LogP contribution is -2.44. The molecule has 0 bridgehead atoms. The Morgan fingerprint density at radius 2 is 2.38 bits per heavy atom. The van der Waals surface area contributed by atoms with Gasteiger partial charge in [0.15, 0.2) is 0 Å². The van der Waals surface area contributed by atoms with E-state index in [0.717, 1.165) is 37.3 Å². The molecular weight excluding hydrogens is 270 g/mol. The molecule has 6 heteroatoms. The van der Waals surface area contributed by atoms with Gasteiger partial charge in [-0.05, 0) is 25.8 Å². The third kappa shape index (κ3) is 4.49. The van der Waals surface area contributed by atoms with Crippen LogP contribution in [0.1, 0.15) is 24.5 Å². The highest BCUT2D eigenvalue weighted by atomic mass is 16.6. The molecule has 1 heterocycles. The molecule has 1 aromatic rings. The quantitative estimate of drug-likeness (QED) is 0.617. The van der Waals surface area contributed by atoms with E-state index in [0.29, 0.717) is 18.6 Å². The van der Waals surface area contributed by atoms with Gasteiger partial charge in [-0.15, -0.1) is 0 Å². The normalized spacial score (nSPS) is 20.2. The van der Waals surface area contributed by atoms with Gasteiger partial charge in [-0.1, -0.05) is 12.1 Å². The topological polar surface area (TPSA) is 76.4 Å². The van der Waals surface area contributed by atoms with Crippen molar-refractivity contribution in [2.75, 3.05) is 19.8 Å². The zero-order chi connectivity index (χ0) is 15.2. The van der Waals surface area contributed by atoms with Crippen molar-refractivity contribution in [2.45, 2.75) is 38.9 Å². The van der Waals surface area contributed by atoms with Crippen LogP contribution in [0.25, 0.3) is 0 Å². The smallest absolute Gasteiger partial charge is 0.272 e. The summed E-state index contributed by atoms with van der Waals surface area (Å²) in [6.07, 6.45) is 0.980. The molecule has 6 nitrogen and oxygen atoms in total. The lowest BCUT2D eigenvalue weighted by molar-refractivity contribution is -0.385. The van der Waals surface area contributed by atoms with Gasteiger partial charge >= 0.3 is 0 Å². The molecule has 1 aliphatic rings. The summed E-state index contributed by atoms with van der Waals surface area (Å²) in [6.45, 7) is 7.01. The SMILES string of the molecule is Cc1c(CNC(C)CC2COCCN2)cccc1[N+](=O)[O-]. The Morgan fingerprint density at radius 1 is 1.57 bits per heavy atom. The molecule has 2 rings (SSSR count). The van der Waals surface area contributed by atoms with Gasteiger partial charge in [-0.2, -0.15) is 0 Å². The Bertz CT molecular complexity index is 487. The van der Waals surface area contributed by atoms with Crippen LogP contribution in [-0.4, -0.2) is 36.8 Å². The van der Waals surface area contributed by atoms with E-state index in [-0.39, 0.29) is 10.6 Å². The Labute approximate surface area is 125 Å². The lowest BCUT2D eigenvalue weighted by Gasteiger charge is -2.26. The number of hydrogen-bond acceptors (Lipinski definition) is 5. The maximum Gasteiger partial charge on any atom is 0.272 e. The molecule has 21 heavy (non-hydrogen) atoms. The van der Waals surface area contributed by atoms with Crippen molar-refractivity contribution in [1.82, 2.24) is 10.6 Å². The fourth-order valence-corrected chi connectivity index (χ4v) is 2.62. The van der Waals surface area contributed by atoms with Crippen LogP contribution in [0.3, 0.4) is 0 Å². The van der Waals surface area contributed by atoms with Crippen molar-refractivity contribution in [3.05, 3.63) is 39.4 Å². The second-order valence-corrected chi connectivity index (χ2v) is 5.56. The Morgan fingerprint density at radius 3 is 3.05 bits per heavy atom. The summed E-state index contributed by atoms with van der Waals surface area (Å²) in [5, 5.41) is 17.8. The van der Waals surface area contributed by atoms with Crippen LogP contribution in [0.4, 0.5) is 5.69 Å². The first-order valence-corrected chi connectivity index (χ1v) is 7.35. The minimum Gasteiger partial charge on any atom is -0.379 e. The van der Waals surface area contributed by atoms with Gasteiger partial charge in [0.1, 0.15) is 0 Å². The summed E-state index contributed by atoms with van der Waals surface area (Å²) in [6, 6.07) is 5.93. The van der Waals surface area contributed by atoms with Gasteiger partial charge in [0, 0.05) is 36.8 Å². The minimum atomic E-state index is -0.328. The molecule has 0 aliphatic carbocycles. The lowest BCUT2D eigenvalue weighted by atomic mass is 10.0. The highest BCUT2D eigenvalue weighted by molar-refractivity contribution is 5.44. The fraction of sp³-hybridized carbons (Fsp3) is 0.600. The van der Waals surface area contributed by atoms with Gasteiger partial charge in [-0.25, -0.2) is 0 Å². The molecule has 0 aromatic heterocycles. The molecule has 0 radical (unpaired) electrons. The average Bonchev–Trinajstić information content (AvgIpc) is 2.47. The molecule has 0 saturated carbocycles. The van der Waals surface area contributed by atoms with Gasteiger partial charge in [0.2, 0.25) is 0 Å². The molecule has 1 saturated heterocycles. The van der Waals surface area contributed by atoms with E-state index >= 15 is 0 Å². The number of benzene rings is 1. The molecule has 2 unspecified atom stereocenters. The standard InChI is InChI=1S/C15H23N3O3/c1-11(8-14-10-21-7-6-16-14)17-9-13-4-3-5-15(12(13)2)18(19)20/h3-5,11,14,16-17H,6-10H2,1-2H3. The summed E-state index contributed by atoms with van der Waals surface area (Å²) in [7, 11) is 0. The van der Waals surface area contributed by atoms with Crippen molar-refractivity contribution in [2.24, 2.45) is 0 Å². The average molecular weight is 293 g/mol. The predicted octanol–water partition coefficient (Wildman–Crippen LogP) is 1.76. The molecule has 1 aromatic carbocycles. The van der Waals surface area contributed by atoms with E-state index in [1.165, 1.54) is 0 Å². The second kappa shape index (κ2) is 7.49. The van der Waals surface area contributed by atoms with Crippen molar-refractivity contribution in [3.8, 4) is 0 Å². The first kappa shape index (κ1) is 15.9. The van der Waals surface area contributed by atoms with Crippen LogP contribution in [0.5, 0.6) is 0 Å². The summed E-state index contributed by atoms with van der Waals surface area (Å²) in [5.74, 6) is 0. The second-order valence-electron chi connectivity index (χ2n) is 5.56.